The van der Waals surface area contributed by atoms with Crippen LogP contribution in [0, 0.1) is 0 Å². The molecule has 16 valence electrons. The summed E-state index contributed by atoms with van der Waals surface area (Å²) >= 11 is 0. The second-order valence-corrected chi connectivity index (χ2v) is 0. The van der Waals surface area contributed by atoms with E-state index < -0.39 is 0 Å². The van der Waals surface area contributed by atoms with Gasteiger partial charge in [-0.1, -0.05) is 0 Å². The van der Waals surface area contributed by atoms with Gasteiger partial charge >= 0.3 is 80.9 Å². The quantitative estimate of drug-likeness (QED) is 0.271. The van der Waals surface area contributed by atoms with Crippen LogP contribution in [0.2, 0.25) is 0 Å². The minimum atomic E-state index is 0. The molecule has 0 saturated carbocycles. The zero-order chi connectivity index (χ0) is 0. The van der Waals surface area contributed by atoms with Gasteiger partial charge in [-0.2, -0.15) is 0 Å². The van der Waals surface area contributed by atoms with Gasteiger partial charge in [-0.15, -0.1) is 0 Å². The largest absolute Gasteiger partial charge is 1.00 e. The third-order valence-electron chi connectivity index (χ3n) is 0. The Bertz CT molecular complexity index is 6.00. The van der Waals surface area contributed by atoms with E-state index in [2.05, 4.69) is 0 Å². The summed E-state index contributed by atoms with van der Waals surface area (Å²) in [5, 5.41) is 0. The van der Waals surface area contributed by atoms with Crippen LogP contribution in [-0.4, -0.2) is 0 Å². The first-order chi connectivity index (χ1) is 0. The van der Waals surface area contributed by atoms with Crippen molar-refractivity contribution in [3.63, 3.8) is 0 Å². The van der Waals surface area contributed by atoms with E-state index in [0.29, 0.717) is 0 Å². The summed E-state index contributed by atoms with van der Waals surface area (Å²) in [6, 6.07) is 0. The topological polar surface area (TPSA) is 67.0 Å². The average Bonchev–Trinajstić information content (AvgIpc) is 0. The smallest absolute Gasteiger partial charge is 0.693 e. The maximum absolute atomic E-state index is 0. The minimum absolute atomic E-state index is 0. The molecule has 4 heteroatoms. The molecule has 0 rings (SSSR count). The molecule has 4 heavy (non-hydrogen) atoms. The normalized spacial score (nSPS) is 0. The Morgan fingerprint density at radius 1 is 0.750 bits per heavy atom. The van der Waals surface area contributed by atoms with Gasteiger partial charge in [0.2, 0.25) is 0 Å². The van der Waals surface area contributed by atoms with E-state index in [4.69, 9.17) is 0 Å². The predicted molar refractivity (Wildman–Crippen MR) is 10.6 cm³/mol. The average molecular weight is 94.1 g/mol. The first-order valence-electron chi connectivity index (χ1n) is 0. The Morgan fingerprint density at radius 3 is 0.750 bits per heavy atom. The van der Waals surface area contributed by atoms with Gasteiger partial charge in [-0.3, -0.25) is 0 Å². The van der Waals surface area contributed by atoms with E-state index in [0.717, 1.165) is 0 Å². The molecule has 0 bridgehead atoms. The van der Waals surface area contributed by atoms with Gasteiger partial charge in [-0.25, -0.2) is 0 Å². The summed E-state index contributed by atoms with van der Waals surface area (Å²) in [6.45, 7) is 0. The van der Waals surface area contributed by atoms with Gasteiger partial charge in [-0.05, 0) is 0 Å². The molecule has 0 aliphatic carbocycles. The third-order valence-corrected chi connectivity index (χ3v) is 0. The molecule has 0 heterocycles. The van der Waals surface area contributed by atoms with E-state index in [1.807, 2.05) is 0 Å². The summed E-state index contributed by atoms with van der Waals surface area (Å²) in [5.41, 5.74) is 0. The van der Waals surface area contributed by atoms with Crippen molar-refractivity contribution in [2.45, 2.75) is 0 Å². The van der Waals surface area contributed by atoms with Gasteiger partial charge in [0.15, 0.2) is 0 Å². The molecule has 4 N–H and O–H groups in total. The zero-order valence-electron chi connectivity index (χ0n) is 3.15. The van der Waals surface area contributed by atoms with Crippen molar-refractivity contribution in [3.8, 4) is 0 Å². The molecule has 0 spiro atoms. The van der Waals surface area contributed by atoms with Crippen LogP contribution in [0.5, 0.6) is 0 Å². The van der Waals surface area contributed by atoms with Crippen molar-refractivity contribution < 1.29 is 80.9 Å². The molecule has 0 aromatic carbocycles. The second-order valence-electron chi connectivity index (χ2n) is 0. The molecule has 0 amide bonds. The summed E-state index contributed by atoms with van der Waals surface area (Å²) in [5.74, 6) is 0. The molecular formula is H4KN2Na. The Labute approximate surface area is 91.0 Å². The number of rotatable bonds is 0. The maximum Gasteiger partial charge on any atom is 1.00 e. The molecule has 0 radical (unpaired) electrons. The Balaban J connectivity index is 0. The van der Waals surface area contributed by atoms with Crippen molar-refractivity contribution >= 4 is 0 Å². The fourth-order valence-corrected chi connectivity index (χ4v) is 0. The Hall–Kier alpha value is 2.56. The van der Waals surface area contributed by atoms with E-state index in [-0.39, 0.29) is 93.2 Å². The number of hydrogen-bond donors (Lipinski definition) is 0. The molecule has 0 aliphatic rings. The van der Waals surface area contributed by atoms with Gasteiger partial charge in [0.05, 0.1) is 0 Å². The van der Waals surface area contributed by atoms with E-state index in [1.165, 1.54) is 0 Å². The number of hydrogen-bond acceptors (Lipinski definition) is 0. The maximum atomic E-state index is 0. The van der Waals surface area contributed by atoms with Crippen LogP contribution in [0.4, 0.5) is 0 Å². The molecule has 0 unspecified atom stereocenters. The SMILES string of the molecule is [K+].[NH2-].[NH2-].[Na+]. The molecular weight excluding hydrogens is 90.1 g/mol. The standard InChI is InChI=1S/K.2H2N.Na/h;2*1H2;/q+1;2*-1;+1. The van der Waals surface area contributed by atoms with E-state index in [9.17, 15) is 0 Å². The monoisotopic (exact) mass is 94.0 g/mol. The zero-order valence-corrected chi connectivity index (χ0v) is 8.28. The van der Waals surface area contributed by atoms with Crippen molar-refractivity contribution in [2.24, 2.45) is 0 Å². The second kappa shape index (κ2) is 17.7. The molecule has 0 aromatic heterocycles. The van der Waals surface area contributed by atoms with Gasteiger partial charge in [0.25, 0.3) is 0 Å². The van der Waals surface area contributed by atoms with Crippen molar-refractivity contribution in [1.29, 1.82) is 0 Å². The molecule has 0 atom stereocenters. The fourth-order valence-electron chi connectivity index (χ4n) is 0. The van der Waals surface area contributed by atoms with E-state index in [1.54, 1.807) is 0 Å². The molecule has 2 nitrogen and oxygen atoms in total. The summed E-state index contributed by atoms with van der Waals surface area (Å²) in [4.78, 5) is 0. The molecule has 0 aliphatic heterocycles. The van der Waals surface area contributed by atoms with Crippen LogP contribution in [0.3, 0.4) is 0 Å². The Morgan fingerprint density at radius 2 is 0.750 bits per heavy atom. The van der Waals surface area contributed by atoms with Crippen LogP contribution < -0.4 is 80.9 Å². The summed E-state index contributed by atoms with van der Waals surface area (Å²) < 4.78 is 0. The summed E-state index contributed by atoms with van der Waals surface area (Å²) in [6.07, 6.45) is 0. The Kier molecular flexibility index (Phi) is 137. The van der Waals surface area contributed by atoms with Gasteiger partial charge < -0.3 is 12.3 Å². The number of nitrogens with two attached hydrogens (primary N) is 2. The van der Waals surface area contributed by atoms with Crippen LogP contribution in [0.25, 0.3) is 12.3 Å². The third kappa shape index (κ3) is 8.82. The van der Waals surface area contributed by atoms with Gasteiger partial charge in [0, 0.05) is 0 Å². The molecule has 0 fully saturated rings. The first kappa shape index (κ1) is 31.0. The minimum Gasteiger partial charge on any atom is -0.693 e. The summed E-state index contributed by atoms with van der Waals surface area (Å²) in [7, 11) is 0. The van der Waals surface area contributed by atoms with Crippen molar-refractivity contribution in [1.82, 2.24) is 0 Å². The first-order valence-corrected chi connectivity index (χ1v) is 0. The predicted octanol–water partition coefficient (Wildman–Crippen LogP) is -4.56. The molecule has 0 aromatic rings. The van der Waals surface area contributed by atoms with Crippen molar-refractivity contribution in [2.75, 3.05) is 0 Å². The van der Waals surface area contributed by atoms with Crippen LogP contribution >= 0.6 is 0 Å². The van der Waals surface area contributed by atoms with Crippen LogP contribution in [0.15, 0.2) is 0 Å². The van der Waals surface area contributed by atoms with E-state index >= 15 is 0 Å². The fraction of sp³-hybridized carbons (Fsp3) is 0. The molecule has 0 saturated heterocycles. The van der Waals surface area contributed by atoms with Gasteiger partial charge in [0.1, 0.15) is 0 Å². The van der Waals surface area contributed by atoms with Crippen LogP contribution in [0.1, 0.15) is 0 Å². The van der Waals surface area contributed by atoms with Crippen LogP contribution in [-0.2, 0) is 0 Å². The van der Waals surface area contributed by atoms with Crippen molar-refractivity contribution in [3.05, 3.63) is 12.3 Å².